The summed E-state index contributed by atoms with van der Waals surface area (Å²) < 4.78 is 0. The lowest BCUT2D eigenvalue weighted by molar-refractivity contribution is 0.0691. The third-order valence-corrected chi connectivity index (χ3v) is 1.87. The maximum absolute atomic E-state index is 11.0. The number of aryl methyl sites for hydroxylation is 1. The Balaban J connectivity index is 3.12. The number of carboxylic acid groups (broad SMARTS) is 1. The van der Waals surface area contributed by atoms with Crippen LogP contribution in [0.5, 0.6) is 0 Å². The van der Waals surface area contributed by atoms with Crippen molar-refractivity contribution >= 4 is 17.9 Å². The Morgan fingerprint density at radius 2 is 2.29 bits per heavy atom. The average Bonchev–Trinajstić information content (AvgIpc) is 2.25. The zero-order valence-electron chi connectivity index (χ0n) is 9.71. The summed E-state index contributed by atoms with van der Waals surface area (Å²) in [5.41, 5.74) is 1.40. The standard InChI is InChI=1S/C11H14N4O2/c1-7(2)6-13-15(12)9-5-4-8(3)14-10(9)11(16)17/h4-6H,1,12H2,2-3H3,(H,16,17)/b13-6-. The van der Waals surface area contributed by atoms with E-state index < -0.39 is 5.97 Å². The molecule has 1 heterocycles. The summed E-state index contributed by atoms with van der Waals surface area (Å²) in [6.45, 7) is 7.08. The summed E-state index contributed by atoms with van der Waals surface area (Å²) in [4.78, 5) is 14.9. The molecule has 0 unspecified atom stereocenters. The van der Waals surface area contributed by atoms with Crippen molar-refractivity contribution in [2.75, 3.05) is 5.12 Å². The van der Waals surface area contributed by atoms with Gasteiger partial charge in [0.05, 0.1) is 6.21 Å². The van der Waals surface area contributed by atoms with E-state index in [-0.39, 0.29) is 11.4 Å². The number of anilines is 1. The van der Waals surface area contributed by atoms with Crippen LogP contribution in [0.2, 0.25) is 0 Å². The number of hydrazine groups is 1. The lowest BCUT2D eigenvalue weighted by atomic mass is 10.2. The molecule has 0 bridgehead atoms. The van der Waals surface area contributed by atoms with E-state index in [9.17, 15) is 4.79 Å². The normalized spacial score (nSPS) is 10.5. The van der Waals surface area contributed by atoms with Gasteiger partial charge in [-0.1, -0.05) is 6.58 Å². The van der Waals surface area contributed by atoms with Crippen molar-refractivity contribution in [2.24, 2.45) is 10.9 Å². The van der Waals surface area contributed by atoms with Gasteiger partial charge in [-0.25, -0.2) is 15.6 Å². The van der Waals surface area contributed by atoms with Crippen LogP contribution in [0.15, 0.2) is 29.4 Å². The monoisotopic (exact) mass is 234 g/mol. The molecule has 0 atom stereocenters. The molecular weight excluding hydrogens is 220 g/mol. The van der Waals surface area contributed by atoms with Crippen LogP contribution in [-0.2, 0) is 0 Å². The van der Waals surface area contributed by atoms with E-state index in [1.165, 1.54) is 6.21 Å². The van der Waals surface area contributed by atoms with Gasteiger partial charge in [0.2, 0.25) is 0 Å². The lowest BCUT2D eigenvalue weighted by Gasteiger charge is -2.14. The molecule has 1 aromatic heterocycles. The van der Waals surface area contributed by atoms with Crippen molar-refractivity contribution in [1.29, 1.82) is 0 Å². The number of carbonyl (C=O) groups is 1. The molecule has 90 valence electrons. The van der Waals surface area contributed by atoms with Crippen LogP contribution in [0.4, 0.5) is 5.69 Å². The molecule has 3 N–H and O–H groups in total. The van der Waals surface area contributed by atoms with E-state index in [2.05, 4.69) is 16.7 Å². The van der Waals surface area contributed by atoms with Gasteiger partial charge in [-0.05, 0) is 31.6 Å². The fraction of sp³-hybridized carbons (Fsp3) is 0.182. The van der Waals surface area contributed by atoms with E-state index in [1.807, 2.05) is 0 Å². The van der Waals surface area contributed by atoms with Gasteiger partial charge >= 0.3 is 5.97 Å². The quantitative estimate of drug-likeness (QED) is 0.466. The molecule has 0 aliphatic heterocycles. The van der Waals surface area contributed by atoms with Gasteiger partial charge in [-0.3, -0.25) is 0 Å². The number of pyridine rings is 1. The van der Waals surface area contributed by atoms with Crippen LogP contribution < -0.4 is 11.0 Å². The number of carboxylic acids is 1. The maximum atomic E-state index is 11.0. The Bertz CT molecular complexity index is 482. The topological polar surface area (TPSA) is 91.8 Å². The van der Waals surface area contributed by atoms with Crippen molar-refractivity contribution < 1.29 is 9.90 Å². The number of nitrogens with two attached hydrogens (primary N) is 1. The largest absolute Gasteiger partial charge is 0.476 e. The highest BCUT2D eigenvalue weighted by Gasteiger charge is 2.15. The van der Waals surface area contributed by atoms with Crippen molar-refractivity contribution in [3.8, 4) is 0 Å². The smallest absolute Gasteiger partial charge is 0.356 e. The van der Waals surface area contributed by atoms with Crippen LogP contribution in [-0.4, -0.2) is 22.3 Å². The first-order valence-corrected chi connectivity index (χ1v) is 4.87. The summed E-state index contributed by atoms with van der Waals surface area (Å²) in [6, 6.07) is 3.22. The number of hydrogen-bond donors (Lipinski definition) is 2. The Morgan fingerprint density at radius 3 is 2.82 bits per heavy atom. The minimum absolute atomic E-state index is 0.133. The van der Waals surface area contributed by atoms with Crippen molar-refractivity contribution in [1.82, 2.24) is 4.98 Å². The van der Waals surface area contributed by atoms with Gasteiger partial charge in [0.15, 0.2) is 5.69 Å². The van der Waals surface area contributed by atoms with Gasteiger partial charge in [-0.2, -0.15) is 10.2 Å². The molecule has 6 nitrogen and oxygen atoms in total. The summed E-state index contributed by atoms with van der Waals surface area (Å²) in [6.07, 6.45) is 1.44. The molecule has 0 aliphatic rings. The average molecular weight is 234 g/mol. The highest BCUT2D eigenvalue weighted by atomic mass is 16.4. The minimum atomic E-state index is -1.15. The first-order chi connectivity index (χ1) is 7.91. The van der Waals surface area contributed by atoms with Gasteiger partial charge in [0.1, 0.15) is 5.69 Å². The number of hydrazone groups is 1. The molecule has 0 aromatic carbocycles. The highest BCUT2D eigenvalue weighted by Crippen LogP contribution is 2.17. The van der Waals surface area contributed by atoms with Crippen LogP contribution in [0.3, 0.4) is 0 Å². The Morgan fingerprint density at radius 1 is 1.65 bits per heavy atom. The molecule has 0 saturated heterocycles. The van der Waals surface area contributed by atoms with Crippen LogP contribution in [0.1, 0.15) is 23.1 Å². The number of rotatable bonds is 4. The third-order valence-electron chi connectivity index (χ3n) is 1.87. The molecule has 0 spiro atoms. The fourth-order valence-electron chi connectivity index (χ4n) is 1.11. The number of aromatic nitrogens is 1. The van der Waals surface area contributed by atoms with Gasteiger partial charge in [0, 0.05) is 5.69 Å². The molecule has 0 fully saturated rings. The maximum Gasteiger partial charge on any atom is 0.356 e. The van der Waals surface area contributed by atoms with E-state index in [1.54, 1.807) is 26.0 Å². The predicted molar refractivity (Wildman–Crippen MR) is 65.9 cm³/mol. The van der Waals surface area contributed by atoms with Crippen molar-refractivity contribution in [2.45, 2.75) is 13.8 Å². The second-order valence-corrected chi connectivity index (χ2v) is 3.56. The highest BCUT2D eigenvalue weighted by molar-refractivity contribution is 5.92. The Kier molecular flexibility index (Phi) is 3.95. The number of allylic oxidation sites excluding steroid dienone is 1. The fourth-order valence-corrected chi connectivity index (χ4v) is 1.11. The Labute approximate surface area is 99.0 Å². The van der Waals surface area contributed by atoms with Crippen LogP contribution in [0, 0.1) is 6.92 Å². The van der Waals surface area contributed by atoms with Crippen molar-refractivity contribution in [3.63, 3.8) is 0 Å². The first-order valence-electron chi connectivity index (χ1n) is 4.87. The molecule has 17 heavy (non-hydrogen) atoms. The third kappa shape index (κ3) is 3.39. The van der Waals surface area contributed by atoms with E-state index in [4.69, 9.17) is 10.9 Å². The molecule has 0 amide bonds. The number of aromatic carboxylic acids is 1. The molecule has 1 aromatic rings. The second kappa shape index (κ2) is 5.22. The zero-order valence-corrected chi connectivity index (χ0v) is 9.71. The molecule has 6 heteroatoms. The van der Waals surface area contributed by atoms with E-state index in [0.717, 1.165) is 5.12 Å². The second-order valence-electron chi connectivity index (χ2n) is 3.56. The summed E-state index contributed by atoms with van der Waals surface area (Å²) >= 11 is 0. The summed E-state index contributed by atoms with van der Waals surface area (Å²) in [5.74, 6) is 4.47. The molecule has 0 aliphatic carbocycles. The van der Waals surface area contributed by atoms with Gasteiger partial charge in [0.25, 0.3) is 0 Å². The number of nitrogens with zero attached hydrogens (tertiary/aromatic N) is 3. The SMILES string of the molecule is C=C(C)/C=N\N(N)c1ccc(C)nc1C(=O)O. The Hall–Kier alpha value is -2.21. The van der Waals surface area contributed by atoms with Gasteiger partial charge in [-0.15, -0.1) is 0 Å². The van der Waals surface area contributed by atoms with Crippen molar-refractivity contribution in [3.05, 3.63) is 35.7 Å². The van der Waals surface area contributed by atoms with Gasteiger partial charge < -0.3 is 5.11 Å². The summed E-state index contributed by atoms with van der Waals surface area (Å²) in [5, 5.41) is 13.8. The molecule has 0 saturated carbocycles. The first kappa shape index (κ1) is 12.9. The minimum Gasteiger partial charge on any atom is -0.476 e. The summed E-state index contributed by atoms with van der Waals surface area (Å²) in [7, 11) is 0. The van der Waals surface area contributed by atoms with E-state index >= 15 is 0 Å². The van der Waals surface area contributed by atoms with Crippen LogP contribution >= 0.6 is 0 Å². The lowest BCUT2D eigenvalue weighted by Crippen LogP contribution is -2.27. The molecular formula is C11H14N4O2. The van der Waals surface area contributed by atoms with Crippen LogP contribution in [0.25, 0.3) is 0 Å². The number of hydrogen-bond acceptors (Lipinski definition) is 5. The molecule has 0 radical (unpaired) electrons. The zero-order chi connectivity index (χ0) is 13.0. The van der Waals surface area contributed by atoms with E-state index in [0.29, 0.717) is 11.3 Å². The predicted octanol–water partition coefficient (Wildman–Crippen LogP) is 1.33. The molecule has 1 rings (SSSR count).